The van der Waals surface area contributed by atoms with Gasteiger partial charge in [0.05, 0.1) is 0 Å². The van der Waals surface area contributed by atoms with Crippen LogP contribution in [0.3, 0.4) is 0 Å². The molecule has 0 aliphatic rings. The van der Waals surface area contributed by atoms with Gasteiger partial charge in [0, 0.05) is 19.8 Å². The van der Waals surface area contributed by atoms with Crippen LogP contribution >= 0.6 is 0 Å². The molecule has 3 nitrogen and oxygen atoms in total. The molecule has 0 bridgehead atoms. The summed E-state index contributed by atoms with van der Waals surface area (Å²) in [5.41, 5.74) is 8.18. The van der Waals surface area contributed by atoms with Gasteiger partial charge in [0.2, 0.25) is 0 Å². The average molecular weight is 219 g/mol. The number of hydrogen-bond acceptors (Lipinski definition) is 1. The highest BCUT2D eigenvalue weighted by Crippen LogP contribution is 2.21. The van der Waals surface area contributed by atoms with Crippen LogP contribution in [0.15, 0.2) is 29.3 Å². The smallest absolute Gasteiger partial charge is 0.195 e. The summed E-state index contributed by atoms with van der Waals surface area (Å²) in [6, 6.07) is 8.48. The van der Waals surface area contributed by atoms with Gasteiger partial charge in [-0.2, -0.15) is 0 Å². The van der Waals surface area contributed by atoms with Gasteiger partial charge in [-0.3, -0.25) is 4.99 Å². The number of hydrogen-bond donors (Lipinski definition) is 1. The number of aliphatic imine (C=N–C) groups is 1. The minimum Gasteiger partial charge on any atom is -0.370 e. The van der Waals surface area contributed by atoms with Crippen LogP contribution in [-0.4, -0.2) is 20.1 Å². The van der Waals surface area contributed by atoms with Crippen LogP contribution in [0.5, 0.6) is 0 Å². The topological polar surface area (TPSA) is 41.6 Å². The van der Waals surface area contributed by atoms with E-state index < -0.39 is 0 Å². The summed E-state index contributed by atoms with van der Waals surface area (Å²) in [6.07, 6.45) is 1.16. The maximum Gasteiger partial charge on any atom is 0.195 e. The molecule has 16 heavy (non-hydrogen) atoms. The second kappa shape index (κ2) is 5.54. The summed E-state index contributed by atoms with van der Waals surface area (Å²) in [5.74, 6) is 1.13. The van der Waals surface area contributed by atoms with E-state index in [2.05, 4.69) is 43.1 Å². The fraction of sp³-hybridized carbons (Fsp3) is 0.462. The van der Waals surface area contributed by atoms with Crippen molar-refractivity contribution < 1.29 is 0 Å². The number of benzene rings is 1. The number of nitrogens with zero attached hydrogens (tertiary/aromatic N) is 2. The Morgan fingerprint density at radius 3 is 2.38 bits per heavy atom. The molecule has 0 radical (unpaired) electrons. The van der Waals surface area contributed by atoms with Crippen molar-refractivity contribution in [2.45, 2.75) is 26.2 Å². The van der Waals surface area contributed by atoms with Gasteiger partial charge >= 0.3 is 0 Å². The van der Waals surface area contributed by atoms with Crippen molar-refractivity contribution in [3.63, 3.8) is 0 Å². The molecule has 3 heteroatoms. The Morgan fingerprint density at radius 1 is 1.38 bits per heavy atom. The van der Waals surface area contributed by atoms with Crippen LogP contribution in [0.4, 0.5) is 5.69 Å². The third-order valence-corrected chi connectivity index (χ3v) is 3.03. The molecule has 0 saturated heterocycles. The van der Waals surface area contributed by atoms with Gasteiger partial charge in [0.15, 0.2) is 5.96 Å². The highest BCUT2D eigenvalue weighted by Gasteiger charge is 2.06. The fourth-order valence-corrected chi connectivity index (χ4v) is 1.54. The van der Waals surface area contributed by atoms with E-state index in [0.29, 0.717) is 11.9 Å². The van der Waals surface area contributed by atoms with Gasteiger partial charge in [-0.15, -0.1) is 0 Å². The van der Waals surface area contributed by atoms with E-state index in [4.69, 9.17) is 5.73 Å². The zero-order valence-corrected chi connectivity index (χ0v) is 10.6. The SMILES string of the molecule is CCC(C)c1ccc(N(C)C(N)=NC)cc1. The lowest BCUT2D eigenvalue weighted by Crippen LogP contribution is -2.33. The zero-order chi connectivity index (χ0) is 12.1. The predicted molar refractivity (Wildman–Crippen MR) is 71.1 cm³/mol. The lowest BCUT2D eigenvalue weighted by molar-refractivity contribution is 0.733. The molecule has 0 aliphatic carbocycles. The Bertz CT molecular complexity index is 354. The molecule has 1 aromatic carbocycles. The lowest BCUT2D eigenvalue weighted by atomic mass is 9.98. The summed E-state index contributed by atoms with van der Waals surface area (Å²) in [4.78, 5) is 5.83. The fourth-order valence-electron chi connectivity index (χ4n) is 1.54. The highest BCUT2D eigenvalue weighted by atomic mass is 15.2. The van der Waals surface area contributed by atoms with Crippen molar-refractivity contribution in [1.82, 2.24) is 0 Å². The number of nitrogens with two attached hydrogens (primary N) is 1. The van der Waals surface area contributed by atoms with Crippen LogP contribution in [0.25, 0.3) is 0 Å². The van der Waals surface area contributed by atoms with Crippen LogP contribution in [-0.2, 0) is 0 Å². The second-order valence-corrected chi connectivity index (χ2v) is 4.04. The van der Waals surface area contributed by atoms with E-state index in [0.717, 1.165) is 12.1 Å². The standard InChI is InChI=1S/C13H21N3/c1-5-10(2)11-6-8-12(9-7-11)16(4)13(14)15-3/h6-10H,5H2,1-4H3,(H2,14,15). The quantitative estimate of drug-likeness (QED) is 0.627. The van der Waals surface area contributed by atoms with Crippen molar-refractivity contribution in [1.29, 1.82) is 0 Å². The molecule has 0 amide bonds. The molecule has 1 aromatic rings. The summed E-state index contributed by atoms with van der Waals surface area (Å²) in [5, 5.41) is 0. The maximum atomic E-state index is 5.75. The largest absolute Gasteiger partial charge is 0.370 e. The normalized spacial score (nSPS) is 13.6. The molecule has 0 aromatic heterocycles. The molecule has 1 unspecified atom stereocenters. The van der Waals surface area contributed by atoms with Crippen molar-refractivity contribution in [2.24, 2.45) is 10.7 Å². The minimum atomic E-state index is 0.524. The highest BCUT2D eigenvalue weighted by molar-refractivity contribution is 5.94. The van der Waals surface area contributed by atoms with Crippen LogP contribution in [0.2, 0.25) is 0 Å². The number of rotatable bonds is 3. The van der Waals surface area contributed by atoms with Gasteiger partial charge in [-0.25, -0.2) is 0 Å². The summed E-state index contributed by atoms with van der Waals surface area (Å²) in [6.45, 7) is 4.44. The number of guanidine groups is 1. The van der Waals surface area contributed by atoms with E-state index in [9.17, 15) is 0 Å². The molecular formula is C13H21N3. The van der Waals surface area contributed by atoms with E-state index >= 15 is 0 Å². The van der Waals surface area contributed by atoms with Gasteiger partial charge in [0.25, 0.3) is 0 Å². The second-order valence-electron chi connectivity index (χ2n) is 4.04. The molecule has 0 aliphatic heterocycles. The Kier molecular flexibility index (Phi) is 4.35. The number of anilines is 1. The summed E-state index contributed by atoms with van der Waals surface area (Å²) < 4.78 is 0. The van der Waals surface area contributed by atoms with Gasteiger partial charge in [-0.1, -0.05) is 26.0 Å². The van der Waals surface area contributed by atoms with E-state index in [1.54, 1.807) is 7.05 Å². The molecule has 88 valence electrons. The Balaban J connectivity index is 2.86. The average Bonchev–Trinajstić information content (AvgIpc) is 2.36. The van der Waals surface area contributed by atoms with E-state index in [-0.39, 0.29) is 0 Å². The van der Waals surface area contributed by atoms with Crippen LogP contribution < -0.4 is 10.6 Å². The van der Waals surface area contributed by atoms with Gasteiger partial charge < -0.3 is 10.6 Å². The van der Waals surface area contributed by atoms with Gasteiger partial charge in [0.1, 0.15) is 0 Å². The molecule has 0 heterocycles. The molecule has 2 N–H and O–H groups in total. The third kappa shape index (κ3) is 2.75. The lowest BCUT2D eigenvalue weighted by Gasteiger charge is -2.18. The molecule has 0 fully saturated rings. The van der Waals surface area contributed by atoms with Crippen molar-refractivity contribution in [3.05, 3.63) is 29.8 Å². The predicted octanol–water partition coefficient (Wildman–Crippen LogP) is 2.58. The first kappa shape index (κ1) is 12.6. The van der Waals surface area contributed by atoms with Crippen LogP contribution in [0, 0.1) is 0 Å². The monoisotopic (exact) mass is 219 g/mol. The van der Waals surface area contributed by atoms with E-state index in [1.165, 1.54) is 5.56 Å². The maximum absolute atomic E-state index is 5.75. The summed E-state index contributed by atoms with van der Waals surface area (Å²) in [7, 11) is 3.61. The van der Waals surface area contributed by atoms with Crippen molar-refractivity contribution in [3.8, 4) is 0 Å². The molecule has 0 spiro atoms. The Morgan fingerprint density at radius 2 is 1.94 bits per heavy atom. The first-order valence-corrected chi connectivity index (χ1v) is 5.66. The third-order valence-electron chi connectivity index (χ3n) is 3.03. The van der Waals surface area contributed by atoms with Crippen molar-refractivity contribution in [2.75, 3.05) is 19.0 Å². The first-order chi connectivity index (χ1) is 7.60. The van der Waals surface area contributed by atoms with Crippen molar-refractivity contribution >= 4 is 11.6 Å². The Hall–Kier alpha value is -1.51. The summed E-state index contributed by atoms with van der Waals surface area (Å²) >= 11 is 0. The molecule has 1 atom stereocenters. The Labute approximate surface area is 98.0 Å². The van der Waals surface area contributed by atoms with Gasteiger partial charge in [-0.05, 0) is 30.0 Å². The minimum absolute atomic E-state index is 0.524. The first-order valence-electron chi connectivity index (χ1n) is 5.66. The van der Waals surface area contributed by atoms with Crippen LogP contribution in [0.1, 0.15) is 31.7 Å². The molecule has 0 saturated carbocycles. The molecule has 1 rings (SSSR count). The van der Waals surface area contributed by atoms with E-state index in [1.807, 2.05) is 11.9 Å². The zero-order valence-electron chi connectivity index (χ0n) is 10.6. The molecular weight excluding hydrogens is 198 g/mol.